The van der Waals surface area contributed by atoms with Crippen LogP contribution in [0.1, 0.15) is 37.3 Å². The van der Waals surface area contributed by atoms with Crippen LogP contribution in [-0.4, -0.2) is 43.6 Å². The summed E-state index contributed by atoms with van der Waals surface area (Å²) in [5, 5.41) is 7.03. The molecule has 2 fully saturated rings. The van der Waals surface area contributed by atoms with Gasteiger partial charge in [-0.05, 0) is 56.7 Å². The molecular weight excluding hydrogens is 296 g/mol. The lowest BCUT2D eigenvalue weighted by Gasteiger charge is -2.32. The van der Waals surface area contributed by atoms with E-state index in [0.29, 0.717) is 6.04 Å². The minimum Gasteiger partial charge on any atom is -0.356 e. The summed E-state index contributed by atoms with van der Waals surface area (Å²) in [7, 11) is 1.87. The maximum absolute atomic E-state index is 4.35. The summed E-state index contributed by atoms with van der Waals surface area (Å²) in [4.78, 5) is 6.93. The van der Waals surface area contributed by atoms with Crippen molar-refractivity contribution >= 4 is 5.96 Å². The molecule has 0 spiro atoms. The van der Waals surface area contributed by atoms with Crippen LogP contribution >= 0.6 is 0 Å². The van der Waals surface area contributed by atoms with Crippen LogP contribution in [0.5, 0.6) is 0 Å². The highest BCUT2D eigenvalue weighted by Crippen LogP contribution is 2.28. The average Bonchev–Trinajstić information content (AvgIpc) is 3.30. The van der Waals surface area contributed by atoms with E-state index in [2.05, 4.69) is 58.6 Å². The molecule has 0 amide bonds. The Morgan fingerprint density at radius 2 is 1.88 bits per heavy atom. The first-order valence-corrected chi connectivity index (χ1v) is 9.39. The van der Waals surface area contributed by atoms with Gasteiger partial charge in [0, 0.05) is 26.2 Å². The summed E-state index contributed by atoms with van der Waals surface area (Å²) in [5.74, 6) is 2.54. The van der Waals surface area contributed by atoms with Crippen LogP contribution in [0.25, 0.3) is 0 Å². The molecule has 1 saturated heterocycles. The number of hydrogen-bond donors (Lipinski definition) is 2. The standard InChI is InChI=1S/C20H32N4/c1-15-4-6-18(7-5-15)14-24-10-8-17(9-11-24)13-22-20(21-3)23-19-12-16(19)2/h4-7,16-17,19H,8-14H2,1-3H3,(H2,21,22,23). The number of nitrogens with one attached hydrogen (secondary N) is 2. The van der Waals surface area contributed by atoms with Gasteiger partial charge in [-0.25, -0.2) is 0 Å². The largest absolute Gasteiger partial charge is 0.356 e. The van der Waals surface area contributed by atoms with Crippen LogP contribution in [0.15, 0.2) is 29.3 Å². The summed E-state index contributed by atoms with van der Waals surface area (Å²) >= 11 is 0. The zero-order valence-electron chi connectivity index (χ0n) is 15.4. The molecule has 4 heteroatoms. The lowest BCUT2D eigenvalue weighted by atomic mass is 9.96. The van der Waals surface area contributed by atoms with Gasteiger partial charge in [0.05, 0.1) is 0 Å². The number of hydrogen-bond acceptors (Lipinski definition) is 2. The number of likely N-dealkylation sites (tertiary alicyclic amines) is 1. The van der Waals surface area contributed by atoms with Gasteiger partial charge in [-0.3, -0.25) is 9.89 Å². The summed E-state index contributed by atoms with van der Waals surface area (Å²) < 4.78 is 0. The maximum atomic E-state index is 4.35. The van der Waals surface area contributed by atoms with Crippen LogP contribution in [0, 0.1) is 18.8 Å². The molecule has 0 radical (unpaired) electrons. The molecule has 2 aliphatic rings. The van der Waals surface area contributed by atoms with Crippen molar-refractivity contribution in [3.8, 4) is 0 Å². The molecule has 2 N–H and O–H groups in total. The molecule has 1 saturated carbocycles. The van der Waals surface area contributed by atoms with Crippen LogP contribution in [-0.2, 0) is 6.54 Å². The Kier molecular flexibility index (Phi) is 5.77. The van der Waals surface area contributed by atoms with Gasteiger partial charge < -0.3 is 10.6 Å². The van der Waals surface area contributed by atoms with E-state index in [4.69, 9.17) is 0 Å². The van der Waals surface area contributed by atoms with E-state index in [1.54, 1.807) is 0 Å². The molecule has 24 heavy (non-hydrogen) atoms. The first kappa shape index (κ1) is 17.3. The third-order valence-corrected chi connectivity index (χ3v) is 5.45. The van der Waals surface area contributed by atoms with Crippen molar-refractivity contribution in [2.45, 2.75) is 45.7 Å². The van der Waals surface area contributed by atoms with Gasteiger partial charge in [0.25, 0.3) is 0 Å². The minimum atomic E-state index is 0.632. The summed E-state index contributed by atoms with van der Waals surface area (Å²) in [6, 6.07) is 9.58. The summed E-state index contributed by atoms with van der Waals surface area (Å²) in [5.41, 5.74) is 2.77. The van der Waals surface area contributed by atoms with E-state index in [1.807, 2.05) is 7.05 Å². The quantitative estimate of drug-likeness (QED) is 0.645. The number of rotatable bonds is 5. The van der Waals surface area contributed by atoms with E-state index >= 15 is 0 Å². The smallest absolute Gasteiger partial charge is 0.191 e. The van der Waals surface area contributed by atoms with Crippen LogP contribution in [0.3, 0.4) is 0 Å². The first-order valence-electron chi connectivity index (χ1n) is 9.39. The molecule has 2 atom stereocenters. The van der Waals surface area contributed by atoms with Gasteiger partial charge in [0.15, 0.2) is 5.96 Å². The molecule has 0 aromatic heterocycles. The van der Waals surface area contributed by atoms with Crippen molar-refractivity contribution in [2.24, 2.45) is 16.8 Å². The van der Waals surface area contributed by atoms with E-state index in [9.17, 15) is 0 Å². The Balaban J connectivity index is 1.36. The molecule has 4 nitrogen and oxygen atoms in total. The van der Waals surface area contributed by atoms with Crippen molar-refractivity contribution in [3.05, 3.63) is 35.4 Å². The molecule has 0 bridgehead atoms. The Labute approximate surface area is 146 Å². The van der Waals surface area contributed by atoms with Gasteiger partial charge in [-0.1, -0.05) is 36.8 Å². The molecule has 2 unspecified atom stereocenters. The van der Waals surface area contributed by atoms with Crippen LogP contribution < -0.4 is 10.6 Å². The van der Waals surface area contributed by atoms with Gasteiger partial charge in [0.1, 0.15) is 0 Å². The first-order chi connectivity index (χ1) is 11.6. The van der Waals surface area contributed by atoms with E-state index in [-0.39, 0.29) is 0 Å². The number of aliphatic imine (C=N–C) groups is 1. The predicted octanol–water partition coefficient (Wildman–Crippen LogP) is 2.78. The Morgan fingerprint density at radius 3 is 2.46 bits per heavy atom. The number of aryl methyl sites for hydroxylation is 1. The number of nitrogens with zero attached hydrogens (tertiary/aromatic N) is 2. The molecule has 132 valence electrons. The van der Waals surface area contributed by atoms with Crippen LogP contribution in [0.4, 0.5) is 0 Å². The van der Waals surface area contributed by atoms with Gasteiger partial charge in [0.2, 0.25) is 0 Å². The molecule has 1 aliphatic carbocycles. The van der Waals surface area contributed by atoms with Crippen molar-refractivity contribution in [3.63, 3.8) is 0 Å². The van der Waals surface area contributed by atoms with Crippen LogP contribution in [0.2, 0.25) is 0 Å². The van der Waals surface area contributed by atoms with Crippen molar-refractivity contribution in [2.75, 3.05) is 26.7 Å². The highest BCUT2D eigenvalue weighted by atomic mass is 15.2. The fourth-order valence-corrected chi connectivity index (χ4v) is 3.43. The maximum Gasteiger partial charge on any atom is 0.191 e. The molecule has 1 aromatic rings. The zero-order chi connectivity index (χ0) is 16.9. The SMILES string of the molecule is CN=C(NCC1CCN(Cc2ccc(C)cc2)CC1)NC1CC1C. The number of benzene rings is 1. The van der Waals surface area contributed by atoms with E-state index in [0.717, 1.165) is 30.9 Å². The number of piperidine rings is 1. The van der Waals surface area contributed by atoms with E-state index < -0.39 is 0 Å². The monoisotopic (exact) mass is 328 g/mol. The fourth-order valence-electron chi connectivity index (χ4n) is 3.43. The lowest BCUT2D eigenvalue weighted by molar-refractivity contribution is 0.178. The third-order valence-electron chi connectivity index (χ3n) is 5.45. The molecule has 3 rings (SSSR count). The van der Waals surface area contributed by atoms with Crippen molar-refractivity contribution in [1.29, 1.82) is 0 Å². The Hall–Kier alpha value is -1.55. The van der Waals surface area contributed by atoms with Crippen molar-refractivity contribution < 1.29 is 0 Å². The lowest BCUT2D eigenvalue weighted by Crippen LogP contribution is -2.43. The number of guanidine groups is 1. The van der Waals surface area contributed by atoms with Crippen molar-refractivity contribution in [1.82, 2.24) is 15.5 Å². The average molecular weight is 329 g/mol. The van der Waals surface area contributed by atoms with Gasteiger partial charge in [-0.2, -0.15) is 0 Å². The normalized spacial score (nSPS) is 25.5. The highest BCUT2D eigenvalue weighted by Gasteiger charge is 2.33. The zero-order valence-corrected chi connectivity index (χ0v) is 15.4. The second kappa shape index (κ2) is 8.02. The summed E-state index contributed by atoms with van der Waals surface area (Å²) in [6.45, 7) is 8.96. The minimum absolute atomic E-state index is 0.632. The molecule has 1 aliphatic heterocycles. The molecule has 1 aromatic carbocycles. The van der Waals surface area contributed by atoms with Gasteiger partial charge in [-0.15, -0.1) is 0 Å². The second-order valence-corrected chi connectivity index (χ2v) is 7.62. The summed E-state index contributed by atoms with van der Waals surface area (Å²) in [6.07, 6.45) is 3.82. The van der Waals surface area contributed by atoms with Gasteiger partial charge >= 0.3 is 0 Å². The van der Waals surface area contributed by atoms with E-state index in [1.165, 1.54) is 43.5 Å². The second-order valence-electron chi connectivity index (χ2n) is 7.62. The molecular formula is C20H32N4. The topological polar surface area (TPSA) is 39.7 Å². The third kappa shape index (κ3) is 4.97. The Bertz CT molecular complexity index is 543. The Morgan fingerprint density at radius 1 is 1.21 bits per heavy atom. The fraction of sp³-hybridized carbons (Fsp3) is 0.650. The predicted molar refractivity (Wildman–Crippen MR) is 101 cm³/mol. The highest BCUT2D eigenvalue weighted by molar-refractivity contribution is 5.80. The molecule has 1 heterocycles.